The minimum atomic E-state index is -0.791. The molecular weight excluding hydrogens is 336 g/mol. The fraction of sp³-hybridized carbons (Fsp3) is 0.526. The molecule has 0 radical (unpaired) electrons. The van der Waals surface area contributed by atoms with Crippen molar-refractivity contribution in [3.8, 4) is 0 Å². The maximum Gasteiger partial charge on any atom is 0.306 e. The molecular formula is C19H24N2O5. The standard InChI is InChI=1S/C19H24N2O5/c22-17(15-2-1-11-26-12-15)20-16-5-3-13(4-6-16)18(23)21-9-7-14(8-10-21)19(24)25/h3-6,14-15H,1-2,7-12H2,(H,20,22)(H,24,25). The fourth-order valence-electron chi connectivity index (χ4n) is 3.40. The number of carbonyl (C=O) groups excluding carboxylic acids is 2. The van der Waals surface area contributed by atoms with Gasteiger partial charge >= 0.3 is 5.97 Å². The van der Waals surface area contributed by atoms with E-state index in [0.717, 1.165) is 12.8 Å². The summed E-state index contributed by atoms with van der Waals surface area (Å²) in [4.78, 5) is 37.4. The van der Waals surface area contributed by atoms with E-state index in [1.165, 1.54) is 0 Å². The molecule has 1 atom stereocenters. The molecule has 1 aromatic carbocycles. The molecule has 7 nitrogen and oxygen atoms in total. The van der Waals surface area contributed by atoms with Crippen LogP contribution in [0.1, 0.15) is 36.0 Å². The molecule has 2 saturated heterocycles. The topological polar surface area (TPSA) is 95.9 Å². The molecule has 2 amide bonds. The Balaban J connectivity index is 1.54. The Bertz CT molecular complexity index is 659. The third-order valence-corrected chi connectivity index (χ3v) is 5.06. The smallest absolute Gasteiger partial charge is 0.306 e. The number of nitrogens with zero attached hydrogens (tertiary/aromatic N) is 1. The van der Waals surface area contributed by atoms with Crippen LogP contribution in [0.2, 0.25) is 0 Å². The van der Waals surface area contributed by atoms with Crippen molar-refractivity contribution in [1.82, 2.24) is 4.90 Å². The number of hydrogen-bond acceptors (Lipinski definition) is 4. The average molecular weight is 360 g/mol. The zero-order chi connectivity index (χ0) is 18.5. The first-order valence-electron chi connectivity index (χ1n) is 9.05. The molecule has 140 valence electrons. The number of ether oxygens (including phenoxy) is 1. The predicted molar refractivity (Wildman–Crippen MR) is 94.9 cm³/mol. The first-order chi connectivity index (χ1) is 12.5. The number of piperidine rings is 1. The summed E-state index contributed by atoms with van der Waals surface area (Å²) < 4.78 is 5.33. The number of benzene rings is 1. The molecule has 2 aliphatic heterocycles. The van der Waals surface area contributed by atoms with E-state index in [2.05, 4.69) is 5.32 Å². The number of carboxylic acid groups (broad SMARTS) is 1. The van der Waals surface area contributed by atoms with E-state index in [0.29, 0.717) is 50.4 Å². The second-order valence-electron chi connectivity index (χ2n) is 6.89. The first-order valence-corrected chi connectivity index (χ1v) is 9.05. The third kappa shape index (κ3) is 4.40. The third-order valence-electron chi connectivity index (χ3n) is 5.06. The molecule has 26 heavy (non-hydrogen) atoms. The molecule has 2 aliphatic rings. The van der Waals surface area contributed by atoms with Gasteiger partial charge in [-0.15, -0.1) is 0 Å². The number of nitrogens with one attached hydrogen (secondary N) is 1. The van der Waals surface area contributed by atoms with Crippen molar-refractivity contribution in [2.75, 3.05) is 31.6 Å². The largest absolute Gasteiger partial charge is 0.481 e. The van der Waals surface area contributed by atoms with Gasteiger partial charge in [0.05, 0.1) is 18.4 Å². The number of aliphatic carboxylic acids is 1. The number of likely N-dealkylation sites (tertiary alicyclic amines) is 1. The van der Waals surface area contributed by atoms with Gasteiger partial charge in [0.1, 0.15) is 0 Å². The Morgan fingerprint density at radius 2 is 1.73 bits per heavy atom. The minimum Gasteiger partial charge on any atom is -0.481 e. The molecule has 3 rings (SSSR count). The molecule has 1 unspecified atom stereocenters. The van der Waals surface area contributed by atoms with Gasteiger partial charge < -0.3 is 20.1 Å². The van der Waals surface area contributed by atoms with Gasteiger partial charge in [-0.2, -0.15) is 0 Å². The van der Waals surface area contributed by atoms with Crippen LogP contribution in [0, 0.1) is 11.8 Å². The molecule has 0 saturated carbocycles. The van der Waals surface area contributed by atoms with Gasteiger partial charge in [0.2, 0.25) is 5.91 Å². The fourth-order valence-corrected chi connectivity index (χ4v) is 3.40. The van der Waals surface area contributed by atoms with Gasteiger partial charge in [-0.05, 0) is 49.9 Å². The summed E-state index contributed by atoms with van der Waals surface area (Å²) in [5.74, 6) is -1.44. The number of rotatable bonds is 4. The van der Waals surface area contributed by atoms with E-state index < -0.39 is 5.97 Å². The molecule has 0 spiro atoms. The quantitative estimate of drug-likeness (QED) is 0.856. The van der Waals surface area contributed by atoms with E-state index in [1.54, 1.807) is 29.2 Å². The molecule has 2 N–H and O–H groups in total. The lowest BCUT2D eigenvalue weighted by atomic mass is 9.96. The van der Waals surface area contributed by atoms with Crippen LogP contribution in [0.25, 0.3) is 0 Å². The SMILES string of the molecule is O=C(O)C1CCN(C(=O)c2ccc(NC(=O)C3CCCOC3)cc2)CC1. The van der Waals surface area contributed by atoms with Crippen LogP contribution in [0.3, 0.4) is 0 Å². The van der Waals surface area contributed by atoms with E-state index in [-0.39, 0.29) is 23.7 Å². The summed E-state index contributed by atoms with van der Waals surface area (Å²) in [6.45, 7) is 2.07. The van der Waals surface area contributed by atoms with E-state index >= 15 is 0 Å². The lowest BCUT2D eigenvalue weighted by molar-refractivity contribution is -0.143. The van der Waals surface area contributed by atoms with Crippen LogP contribution in [0.5, 0.6) is 0 Å². The molecule has 0 aliphatic carbocycles. The highest BCUT2D eigenvalue weighted by molar-refractivity contribution is 5.96. The highest BCUT2D eigenvalue weighted by atomic mass is 16.5. The number of hydrogen-bond donors (Lipinski definition) is 2. The van der Waals surface area contributed by atoms with Crippen LogP contribution in [-0.2, 0) is 14.3 Å². The average Bonchev–Trinajstić information content (AvgIpc) is 2.69. The number of amides is 2. The van der Waals surface area contributed by atoms with Crippen LogP contribution in [-0.4, -0.2) is 54.1 Å². The first kappa shape index (κ1) is 18.4. The van der Waals surface area contributed by atoms with Crippen LogP contribution < -0.4 is 5.32 Å². The summed E-state index contributed by atoms with van der Waals surface area (Å²) in [7, 11) is 0. The van der Waals surface area contributed by atoms with Crippen molar-refractivity contribution in [3.05, 3.63) is 29.8 Å². The van der Waals surface area contributed by atoms with Gasteiger partial charge in [-0.1, -0.05) is 0 Å². The van der Waals surface area contributed by atoms with Gasteiger partial charge in [-0.25, -0.2) is 0 Å². The molecule has 7 heteroatoms. The summed E-state index contributed by atoms with van der Waals surface area (Å²) in [5, 5.41) is 11.9. The van der Waals surface area contributed by atoms with E-state index in [1.807, 2.05) is 0 Å². The predicted octanol–water partition coefficient (Wildman–Crippen LogP) is 1.99. The molecule has 0 bridgehead atoms. The zero-order valence-electron chi connectivity index (χ0n) is 14.6. The van der Waals surface area contributed by atoms with Crippen molar-refractivity contribution in [2.24, 2.45) is 11.8 Å². The molecule has 1 aromatic rings. The van der Waals surface area contributed by atoms with Gasteiger partial charge in [0, 0.05) is 30.9 Å². The van der Waals surface area contributed by atoms with Gasteiger partial charge in [-0.3, -0.25) is 14.4 Å². The Labute approximate surface area is 152 Å². The van der Waals surface area contributed by atoms with Crippen LogP contribution >= 0.6 is 0 Å². The maximum atomic E-state index is 12.5. The van der Waals surface area contributed by atoms with E-state index in [4.69, 9.17) is 9.84 Å². The summed E-state index contributed by atoms with van der Waals surface area (Å²) in [6.07, 6.45) is 2.69. The van der Waals surface area contributed by atoms with Crippen molar-refractivity contribution in [2.45, 2.75) is 25.7 Å². The lowest BCUT2D eigenvalue weighted by Gasteiger charge is -2.30. The Hall–Kier alpha value is -2.41. The monoisotopic (exact) mass is 360 g/mol. The van der Waals surface area contributed by atoms with Crippen molar-refractivity contribution in [3.63, 3.8) is 0 Å². The van der Waals surface area contributed by atoms with Crippen LogP contribution in [0.4, 0.5) is 5.69 Å². The van der Waals surface area contributed by atoms with Crippen LogP contribution in [0.15, 0.2) is 24.3 Å². The second kappa shape index (κ2) is 8.31. The summed E-state index contributed by atoms with van der Waals surface area (Å²) >= 11 is 0. The normalized spacial score (nSPS) is 21.2. The Morgan fingerprint density at radius 3 is 2.31 bits per heavy atom. The van der Waals surface area contributed by atoms with Crippen molar-refractivity contribution >= 4 is 23.5 Å². The number of carboxylic acids is 1. The van der Waals surface area contributed by atoms with Gasteiger partial charge in [0.25, 0.3) is 5.91 Å². The minimum absolute atomic E-state index is 0.0560. The number of anilines is 1. The van der Waals surface area contributed by atoms with E-state index in [9.17, 15) is 14.4 Å². The zero-order valence-corrected chi connectivity index (χ0v) is 14.6. The van der Waals surface area contributed by atoms with Crippen molar-refractivity contribution < 1.29 is 24.2 Å². The molecule has 2 heterocycles. The molecule has 2 fully saturated rings. The highest BCUT2D eigenvalue weighted by Gasteiger charge is 2.27. The lowest BCUT2D eigenvalue weighted by Crippen LogP contribution is -2.40. The Kier molecular flexibility index (Phi) is 5.88. The molecule has 0 aromatic heterocycles. The highest BCUT2D eigenvalue weighted by Crippen LogP contribution is 2.21. The summed E-state index contributed by atoms with van der Waals surface area (Å²) in [6, 6.07) is 6.83. The second-order valence-corrected chi connectivity index (χ2v) is 6.89. The maximum absolute atomic E-state index is 12.5. The summed E-state index contributed by atoms with van der Waals surface area (Å²) in [5.41, 5.74) is 1.19. The Morgan fingerprint density at radius 1 is 1.04 bits per heavy atom. The van der Waals surface area contributed by atoms with Gasteiger partial charge in [0.15, 0.2) is 0 Å². The van der Waals surface area contributed by atoms with Crippen molar-refractivity contribution in [1.29, 1.82) is 0 Å². The number of carbonyl (C=O) groups is 3.